The van der Waals surface area contributed by atoms with E-state index >= 15 is 0 Å². The number of aliphatic hydroxyl groups excluding tert-OH is 1. The second-order valence-electron chi connectivity index (χ2n) is 10.0. The molecule has 0 radical (unpaired) electrons. The summed E-state index contributed by atoms with van der Waals surface area (Å²) in [6.45, 7) is 6.79. The highest BCUT2D eigenvalue weighted by molar-refractivity contribution is 6.00. The summed E-state index contributed by atoms with van der Waals surface area (Å²) in [5, 5.41) is 22.3. The number of nitrogens with zero attached hydrogens (tertiary/aromatic N) is 2. The topological polar surface area (TPSA) is 127 Å². The average Bonchev–Trinajstić information content (AvgIpc) is 2.89. The maximum absolute atomic E-state index is 13.8. The number of hydrogen-bond donors (Lipinski definition) is 3. The molecule has 3 N–H and O–H groups in total. The lowest BCUT2D eigenvalue weighted by atomic mass is 9.95. The van der Waals surface area contributed by atoms with E-state index in [2.05, 4.69) is 5.32 Å². The molecule has 1 heterocycles. The highest BCUT2D eigenvalue weighted by atomic mass is 16.4. The van der Waals surface area contributed by atoms with Crippen molar-refractivity contribution in [2.24, 2.45) is 11.8 Å². The van der Waals surface area contributed by atoms with Gasteiger partial charge in [-0.25, -0.2) is 4.79 Å². The van der Waals surface area contributed by atoms with E-state index in [0.717, 1.165) is 5.56 Å². The van der Waals surface area contributed by atoms with Gasteiger partial charge in [0.15, 0.2) is 6.10 Å². The molecule has 1 aliphatic rings. The van der Waals surface area contributed by atoms with Gasteiger partial charge in [-0.2, -0.15) is 0 Å². The van der Waals surface area contributed by atoms with Gasteiger partial charge >= 0.3 is 5.97 Å². The fourth-order valence-electron chi connectivity index (χ4n) is 4.46. The van der Waals surface area contributed by atoms with Gasteiger partial charge in [-0.3, -0.25) is 19.3 Å². The van der Waals surface area contributed by atoms with Crippen molar-refractivity contribution >= 4 is 29.4 Å². The smallest absolute Gasteiger partial charge is 0.334 e. The number of carbonyl (C=O) groups excluding carboxylic acids is 3. The fourth-order valence-corrected chi connectivity index (χ4v) is 4.46. The molecular formula is C29H35N3O6. The number of benzene rings is 2. The van der Waals surface area contributed by atoms with Crippen LogP contribution in [0.4, 0.5) is 0 Å². The minimum absolute atomic E-state index is 0.0840. The first-order valence-corrected chi connectivity index (χ1v) is 12.7. The first-order chi connectivity index (χ1) is 18.0. The summed E-state index contributed by atoms with van der Waals surface area (Å²) in [5.74, 6) is -3.29. The summed E-state index contributed by atoms with van der Waals surface area (Å²) >= 11 is 0. The number of aliphatic carboxylic acids is 1. The number of carboxylic acid groups (broad SMARTS) is 1. The number of hydrogen-bond acceptors (Lipinski definition) is 5. The molecule has 9 nitrogen and oxygen atoms in total. The molecule has 1 unspecified atom stereocenters. The molecule has 0 fully saturated rings. The number of carboxylic acids is 1. The molecule has 3 amide bonds. The van der Waals surface area contributed by atoms with Crippen LogP contribution >= 0.6 is 0 Å². The van der Waals surface area contributed by atoms with Crippen molar-refractivity contribution in [2.45, 2.75) is 52.3 Å². The first kappa shape index (κ1) is 28.6. The SMILES string of the molecule is CC(C)C(=O)N1C=C(c2ccccc2)N(CC(=O)N[C@@H](Cc2ccccc2)C(O)C(=O)O)C(=O)[C@H]1C(C)C. The van der Waals surface area contributed by atoms with E-state index in [-0.39, 0.29) is 24.2 Å². The second kappa shape index (κ2) is 12.5. The molecule has 0 bridgehead atoms. The van der Waals surface area contributed by atoms with E-state index in [1.165, 1.54) is 9.80 Å². The molecule has 202 valence electrons. The summed E-state index contributed by atoms with van der Waals surface area (Å²) in [6.07, 6.45) is -0.145. The third-order valence-corrected chi connectivity index (χ3v) is 6.40. The number of amides is 3. The Morgan fingerprint density at radius 3 is 2.05 bits per heavy atom. The van der Waals surface area contributed by atoms with Crippen molar-refractivity contribution in [3.63, 3.8) is 0 Å². The van der Waals surface area contributed by atoms with E-state index in [0.29, 0.717) is 11.3 Å². The Morgan fingerprint density at radius 1 is 0.947 bits per heavy atom. The molecule has 3 atom stereocenters. The van der Waals surface area contributed by atoms with Crippen LogP contribution in [0.5, 0.6) is 0 Å². The first-order valence-electron chi connectivity index (χ1n) is 12.7. The van der Waals surface area contributed by atoms with Crippen LogP contribution in [0.1, 0.15) is 38.8 Å². The van der Waals surface area contributed by atoms with Gasteiger partial charge < -0.3 is 20.4 Å². The van der Waals surface area contributed by atoms with E-state index in [4.69, 9.17) is 0 Å². The number of carbonyl (C=O) groups is 4. The molecule has 0 saturated carbocycles. The lowest BCUT2D eigenvalue weighted by Gasteiger charge is -2.41. The summed E-state index contributed by atoms with van der Waals surface area (Å²) in [7, 11) is 0. The van der Waals surface area contributed by atoms with Gasteiger partial charge in [0, 0.05) is 12.1 Å². The maximum Gasteiger partial charge on any atom is 0.334 e. The van der Waals surface area contributed by atoms with Crippen molar-refractivity contribution in [3.05, 3.63) is 78.0 Å². The molecule has 0 saturated heterocycles. The predicted octanol–water partition coefficient (Wildman–Crippen LogP) is 2.51. The van der Waals surface area contributed by atoms with Crippen LogP contribution in [0, 0.1) is 11.8 Å². The van der Waals surface area contributed by atoms with Crippen molar-refractivity contribution in [1.29, 1.82) is 0 Å². The molecule has 0 aliphatic carbocycles. The van der Waals surface area contributed by atoms with Crippen molar-refractivity contribution < 1.29 is 29.4 Å². The lowest BCUT2D eigenvalue weighted by molar-refractivity contribution is -0.149. The zero-order chi connectivity index (χ0) is 28.0. The molecule has 0 aromatic heterocycles. The largest absolute Gasteiger partial charge is 0.479 e. The molecular weight excluding hydrogens is 486 g/mol. The third-order valence-electron chi connectivity index (χ3n) is 6.40. The normalized spacial score (nSPS) is 17.3. The predicted molar refractivity (Wildman–Crippen MR) is 142 cm³/mol. The summed E-state index contributed by atoms with van der Waals surface area (Å²) in [5.41, 5.74) is 1.76. The molecule has 2 aromatic carbocycles. The molecule has 3 rings (SSSR count). The zero-order valence-electron chi connectivity index (χ0n) is 22.1. The van der Waals surface area contributed by atoms with Gasteiger partial charge in [-0.1, -0.05) is 88.4 Å². The highest BCUT2D eigenvalue weighted by Gasteiger charge is 2.41. The van der Waals surface area contributed by atoms with Gasteiger partial charge in [-0.15, -0.1) is 0 Å². The van der Waals surface area contributed by atoms with E-state index in [1.807, 2.05) is 26.0 Å². The Kier molecular flexibility index (Phi) is 9.41. The summed E-state index contributed by atoms with van der Waals surface area (Å²) in [6, 6.07) is 15.9. The van der Waals surface area contributed by atoms with Crippen molar-refractivity contribution in [3.8, 4) is 0 Å². The Hall–Kier alpha value is -3.98. The molecule has 2 aromatic rings. The third kappa shape index (κ3) is 6.66. The van der Waals surface area contributed by atoms with Gasteiger partial charge in [0.05, 0.1) is 11.7 Å². The van der Waals surface area contributed by atoms with Crippen molar-refractivity contribution in [2.75, 3.05) is 6.54 Å². The number of aliphatic hydroxyl groups is 1. The van der Waals surface area contributed by atoms with Crippen LogP contribution in [0.3, 0.4) is 0 Å². The molecule has 0 spiro atoms. The van der Waals surface area contributed by atoms with Crippen LogP contribution in [0.25, 0.3) is 5.70 Å². The Morgan fingerprint density at radius 2 is 1.53 bits per heavy atom. The highest BCUT2D eigenvalue weighted by Crippen LogP contribution is 2.30. The number of rotatable bonds is 10. The summed E-state index contributed by atoms with van der Waals surface area (Å²) < 4.78 is 0. The monoisotopic (exact) mass is 521 g/mol. The minimum atomic E-state index is -1.84. The van der Waals surface area contributed by atoms with E-state index in [1.54, 1.807) is 68.6 Å². The van der Waals surface area contributed by atoms with Gasteiger partial charge in [0.2, 0.25) is 11.8 Å². The minimum Gasteiger partial charge on any atom is -0.479 e. The lowest BCUT2D eigenvalue weighted by Crippen LogP contribution is -2.58. The second-order valence-corrected chi connectivity index (χ2v) is 10.0. The zero-order valence-corrected chi connectivity index (χ0v) is 22.1. The van der Waals surface area contributed by atoms with Gasteiger partial charge in [0.25, 0.3) is 5.91 Å². The van der Waals surface area contributed by atoms with E-state index in [9.17, 15) is 29.4 Å². The molecule has 9 heteroatoms. The van der Waals surface area contributed by atoms with Crippen LogP contribution in [-0.2, 0) is 25.6 Å². The fraction of sp³-hybridized carbons (Fsp3) is 0.379. The van der Waals surface area contributed by atoms with Crippen LogP contribution in [-0.4, -0.2) is 68.4 Å². The standard InChI is InChI=1S/C29H35N3O6/c1-18(2)25-28(36)31(23(21-13-9-6-10-14-21)16-32(25)27(35)19(3)4)17-24(33)30-22(26(34)29(37)38)15-20-11-7-5-8-12-20/h5-14,16,18-19,22,25-26,34H,15,17H2,1-4H3,(H,30,33)(H,37,38)/t22-,25+,26?/m0/s1. The molecule has 38 heavy (non-hydrogen) atoms. The Bertz CT molecular complexity index is 1180. The number of nitrogens with one attached hydrogen (secondary N) is 1. The Balaban J connectivity index is 1.95. The van der Waals surface area contributed by atoms with Crippen LogP contribution in [0.15, 0.2) is 66.9 Å². The molecule has 1 aliphatic heterocycles. The van der Waals surface area contributed by atoms with Crippen LogP contribution in [0.2, 0.25) is 0 Å². The summed E-state index contributed by atoms with van der Waals surface area (Å²) in [4.78, 5) is 54.5. The Labute approximate surface area is 222 Å². The quantitative estimate of drug-likeness (QED) is 0.441. The van der Waals surface area contributed by atoms with E-state index < -0.39 is 42.5 Å². The van der Waals surface area contributed by atoms with Gasteiger partial charge in [-0.05, 0) is 23.5 Å². The average molecular weight is 522 g/mol. The maximum atomic E-state index is 13.8. The van der Waals surface area contributed by atoms with Crippen LogP contribution < -0.4 is 5.32 Å². The van der Waals surface area contributed by atoms with Crippen molar-refractivity contribution in [1.82, 2.24) is 15.1 Å². The van der Waals surface area contributed by atoms with Gasteiger partial charge in [0.1, 0.15) is 12.6 Å².